The molecular formula is C53H97NO5. The van der Waals surface area contributed by atoms with Gasteiger partial charge in [-0.15, -0.1) is 0 Å². The normalized spacial score (nSPS) is 13.6. The van der Waals surface area contributed by atoms with Gasteiger partial charge in [-0.3, -0.25) is 9.59 Å². The summed E-state index contributed by atoms with van der Waals surface area (Å²) in [6.07, 6.45) is 56.0. The highest BCUT2D eigenvalue weighted by atomic mass is 16.5. The predicted molar refractivity (Wildman–Crippen MR) is 255 cm³/mol. The average Bonchev–Trinajstić information content (AvgIpc) is 3.23. The zero-order chi connectivity index (χ0) is 43.1. The molecule has 3 N–H and O–H groups in total. The zero-order valence-corrected chi connectivity index (χ0v) is 39.1. The molecule has 0 spiro atoms. The van der Waals surface area contributed by atoms with Crippen molar-refractivity contribution >= 4 is 11.9 Å². The van der Waals surface area contributed by atoms with E-state index in [1.807, 2.05) is 0 Å². The molecule has 3 atom stereocenters. The first-order valence-corrected chi connectivity index (χ1v) is 25.4. The number of allylic oxidation sites excluding steroid dienone is 8. The van der Waals surface area contributed by atoms with E-state index in [9.17, 15) is 19.8 Å². The SMILES string of the molecule is CC/C=C/C/C=C/CCCCCCCCCC(=O)OC(CCC/C=C/C=C/CCCCCCCCC)CC(=O)NC(CO)C(O)CCCCCCCCCCCCCC. The van der Waals surface area contributed by atoms with Gasteiger partial charge in [0.15, 0.2) is 0 Å². The van der Waals surface area contributed by atoms with Crippen molar-refractivity contribution in [3.8, 4) is 0 Å². The molecule has 0 aliphatic rings. The van der Waals surface area contributed by atoms with Crippen LogP contribution >= 0.6 is 0 Å². The van der Waals surface area contributed by atoms with Crippen LogP contribution in [-0.4, -0.2) is 46.9 Å². The van der Waals surface area contributed by atoms with Crippen molar-refractivity contribution < 1.29 is 24.5 Å². The van der Waals surface area contributed by atoms with E-state index in [4.69, 9.17) is 4.74 Å². The third kappa shape index (κ3) is 42.3. The fourth-order valence-corrected chi connectivity index (χ4v) is 7.58. The summed E-state index contributed by atoms with van der Waals surface area (Å²) in [5.41, 5.74) is 0. The lowest BCUT2D eigenvalue weighted by Crippen LogP contribution is -2.46. The van der Waals surface area contributed by atoms with Crippen molar-refractivity contribution in [1.29, 1.82) is 0 Å². The predicted octanol–water partition coefficient (Wildman–Crippen LogP) is 15.1. The highest BCUT2D eigenvalue weighted by Crippen LogP contribution is 2.17. The third-order valence-corrected chi connectivity index (χ3v) is 11.4. The van der Waals surface area contributed by atoms with E-state index in [1.54, 1.807) is 0 Å². The van der Waals surface area contributed by atoms with Crippen LogP contribution < -0.4 is 5.32 Å². The lowest BCUT2D eigenvalue weighted by atomic mass is 10.0. The van der Waals surface area contributed by atoms with Gasteiger partial charge in [-0.2, -0.15) is 0 Å². The summed E-state index contributed by atoms with van der Waals surface area (Å²) in [6, 6.07) is -0.716. The topological polar surface area (TPSA) is 95.9 Å². The van der Waals surface area contributed by atoms with Gasteiger partial charge in [0.1, 0.15) is 6.10 Å². The molecule has 3 unspecified atom stereocenters. The van der Waals surface area contributed by atoms with E-state index < -0.39 is 18.2 Å². The molecule has 1 amide bonds. The van der Waals surface area contributed by atoms with Crippen molar-refractivity contribution in [3.05, 3.63) is 48.6 Å². The molecule has 344 valence electrons. The fraction of sp³-hybridized carbons (Fsp3) is 0.811. The van der Waals surface area contributed by atoms with Crippen molar-refractivity contribution in [2.24, 2.45) is 0 Å². The standard InChI is InChI=1S/C53H97NO5/c1-4-7-10-13-16-19-22-25-27-29-32-35-38-41-44-49(59-53(58)46-43-40-37-34-31-28-26-23-20-17-14-11-8-5-2)47-52(57)54-50(48-55)51(56)45-42-39-36-33-30-24-21-18-15-12-9-6-3/h8,11,17,20,27,29,32,35,49-51,55-56H,4-7,9-10,12-16,18-19,21-26,28,30-31,33-34,36-48H2,1-3H3,(H,54,57)/b11-8+,20-17+,29-27+,35-32+. The third-order valence-electron chi connectivity index (χ3n) is 11.4. The lowest BCUT2D eigenvalue weighted by molar-refractivity contribution is -0.151. The number of amides is 1. The number of hydrogen-bond donors (Lipinski definition) is 3. The van der Waals surface area contributed by atoms with Gasteiger partial charge in [0.25, 0.3) is 0 Å². The van der Waals surface area contributed by atoms with Crippen molar-refractivity contribution in [2.45, 2.75) is 270 Å². The largest absolute Gasteiger partial charge is 0.462 e. The first kappa shape index (κ1) is 56.8. The number of nitrogens with one attached hydrogen (secondary N) is 1. The van der Waals surface area contributed by atoms with E-state index in [0.717, 1.165) is 77.0 Å². The zero-order valence-electron chi connectivity index (χ0n) is 39.1. The first-order chi connectivity index (χ1) is 29.0. The summed E-state index contributed by atoms with van der Waals surface area (Å²) < 4.78 is 5.90. The van der Waals surface area contributed by atoms with Crippen LogP contribution in [0.25, 0.3) is 0 Å². The Kier molecular flexibility index (Phi) is 45.1. The Morgan fingerprint density at radius 1 is 0.525 bits per heavy atom. The minimum atomic E-state index is -0.799. The number of aliphatic hydroxyl groups excluding tert-OH is 2. The molecule has 6 nitrogen and oxygen atoms in total. The fourth-order valence-electron chi connectivity index (χ4n) is 7.58. The van der Waals surface area contributed by atoms with E-state index in [0.29, 0.717) is 19.3 Å². The van der Waals surface area contributed by atoms with Crippen LogP contribution in [0, 0.1) is 0 Å². The van der Waals surface area contributed by atoms with Gasteiger partial charge in [0, 0.05) is 6.42 Å². The smallest absolute Gasteiger partial charge is 0.306 e. The quantitative estimate of drug-likeness (QED) is 0.0246. The minimum Gasteiger partial charge on any atom is -0.462 e. The van der Waals surface area contributed by atoms with Gasteiger partial charge in [-0.05, 0) is 70.6 Å². The summed E-state index contributed by atoms with van der Waals surface area (Å²) in [7, 11) is 0. The Bertz CT molecular complexity index is 1020. The second-order valence-electron chi connectivity index (χ2n) is 17.2. The number of rotatable bonds is 45. The van der Waals surface area contributed by atoms with Crippen LogP contribution in [0.4, 0.5) is 0 Å². The number of carbonyl (C=O) groups is 2. The Morgan fingerprint density at radius 2 is 0.983 bits per heavy atom. The van der Waals surface area contributed by atoms with Crippen LogP contribution in [0.3, 0.4) is 0 Å². The Balaban J connectivity index is 4.66. The molecule has 0 aliphatic heterocycles. The van der Waals surface area contributed by atoms with Gasteiger partial charge >= 0.3 is 5.97 Å². The van der Waals surface area contributed by atoms with E-state index >= 15 is 0 Å². The van der Waals surface area contributed by atoms with Crippen LogP contribution in [-0.2, 0) is 14.3 Å². The first-order valence-electron chi connectivity index (χ1n) is 25.4. The van der Waals surface area contributed by atoms with E-state index in [1.165, 1.54) is 128 Å². The highest BCUT2D eigenvalue weighted by Gasteiger charge is 2.24. The molecule has 6 heteroatoms. The van der Waals surface area contributed by atoms with Crippen LogP contribution in [0.15, 0.2) is 48.6 Å². The summed E-state index contributed by atoms with van der Waals surface area (Å²) in [5.74, 6) is -0.527. The van der Waals surface area contributed by atoms with Gasteiger partial charge in [-0.25, -0.2) is 0 Å². The Labute approximate surface area is 366 Å². The summed E-state index contributed by atoms with van der Waals surface area (Å²) >= 11 is 0. The van der Waals surface area contributed by atoms with Gasteiger partial charge in [0.2, 0.25) is 5.91 Å². The average molecular weight is 828 g/mol. The molecule has 0 aromatic carbocycles. The molecule has 59 heavy (non-hydrogen) atoms. The van der Waals surface area contributed by atoms with Crippen LogP contribution in [0.2, 0.25) is 0 Å². The number of carbonyl (C=O) groups excluding carboxylic acids is 2. The van der Waals surface area contributed by atoms with E-state index in [2.05, 4.69) is 74.7 Å². The number of aliphatic hydroxyl groups is 2. The summed E-state index contributed by atoms with van der Waals surface area (Å²) in [5, 5.41) is 23.7. The molecule has 0 aliphatic carbocycles. The molecule has 0 heterocycles. The number of hydrogen-bond acceptors (Lipinski definition) is 5. The van der Waals surface area contributed by atoms with Crippen molar-refractivity contribution in [1.82, 2.24) is 5.32 Å². The second-order valence-corrected chi connectivity index (χ2v) is 17.2. The molecule has 0 aromatic heterocycles. The number of unbranched alkanes of at least 4 members (excludes halogenated alkanes) is 26. The molecule has 0 rings (SSSR count). The van der Waals surface area contributed by atoms with Gasteiger partial charge in [0.05, 0.1) is 25.2 Å². The maximum Gasteiger partial charge on any atom is 0.306 e. The van der Waals surface area contributed by atoms with Crippen LogP contribution in [0.5, 0.6) is 0 Å². The monoisotopic (exact) mass is 828 g/mol. The van der Waals surface area contributed by atoms with Crippen molar-refractivity contribution in [3.63, 3.8) is 0 Å². The van der Waals surface area contributed by atoms with Gasteiger partial charge in [-0.1, -0.05) is 217 Å². The second kappa shape index (κ2) is 46.9. The number of esters is 1. The molecule has 0 radical (unpaired) electrons. The Morgan fingerprint density at radius 3 is 1.51 bits per heavy atom. The molecule has 0 saturated carbocycles. The van der Waals surface area contributed by atoms with Crippen molar-refractivity contribution in [2.75, 3.05) is 6.61 Å². The molecule has 0 bridgehead atoms. The Hall–Kier alpha value is -2.18. The highest BCUT2D eigenvalue weighted by molar-refractivity contribution is 5.77. The maximum absolute atomic E-state index is 13.2. The molecule has 0 fully saturated rings. The van der Waals surface area contributed by atoms with Gasteiger partial charge < -0.3 is 20.3 Å². The maximum atomic E-state index is 13.2. The molecular weight excluding hydrogens is 731 g/mol. The van der Waals surface area contributed by atoms with E-state index in [-0.39, 0.29) is 24.9 Å². The van der Waals surface area contributed by atoms with Crippen LogP contribution in [0.1, 0.15) is 252 Å². The molecule has 0 aromatic rings. The lowest BCUT2D eigenvalue weighted by Gasteiger charge is -2.24. The number of ether oxygens (including phenoxy) is 1. The summed E-state index contributed by atoms with van der Waals surface area (Å²) in [6.45, 7) is 6.36. The molecule has 0 saturated heterocycles. The summed E-state index contributed by atoms with van der Waals surface area (Å²) in [4.78, 5) is 26.1. The minimum absolute atomic E-state index is 0.0419.